The SMILES string of the molecule is CC/C(=C(/C)[O])C(C)C. The Labute approximate surface area is 57.4 Å². The van der Waals surface area contributed by atoms with Gasteiger partial charge in [0.25, 0.3) is 0 Å². The van der Waals surface area contributed by atoms with Crippen LogP contribution in [-0.4, -0.2) is 0 Å². The molecule has 9 heavy (non-hydrogen) atoms. The van der Waals surface area contributed by atoms with E-state index in [1.807, 2.05) is 6.92 Å². The van der Waals surface area contributed by atoms with Crippen molar-refractivity contribution in [3.8, 4) is 0 Å². The predicted octanol–water partition coefficient (Wildman–Crippen LogP) is 2.76. The molecule has 0 aliphatic heterocycles. The van der Waals surface area contributed by atoms with Gasteiger partial charge in [-0.3, -0.25) is 5.11 Å². The van der Waals surface area contributed by atoms with Crippen LogP contribution >= 0.6 is 0 Å². The van der Waals surface area contributed by atoms with Crippen molar-refractivity contribution in [2.75, 3.05) is 0 Å². The molecule has 0 aromatic heterocycles. The van der Waals surface area contributed by atoms with Crippen molar-refractivity contribution < 1.29 is 5.11 Å². The minimum absolute atomic E-state index is 0.243. The molecule has 1 radical (unpaired) electrons. The molecule has 0 saturated carbocycles. The van der Waals surface area contributed by atoms with Gasteiger partial charge in [-0.15, -0.1) is 0 Å². The van der Waals surface area contributed by atoms with E-state index in [1.54, 1.807) is 6.92 Å². The monoisotopic (exact) mass is 127 g/mol. The molecule has 1 heteroatoms. The second kappa shape index (κ2) is 3.54. The summed E-state index contributed by atoms with van der Waals surface area (Å²) in [4.78, 5) is 0. The Morgan fingerprint density at radius 2 is 1.89 bits per heavy atom. The van der Waals surface area contributed by atoms with Gasteiger partial charge >= 0.3 is 0 Å². The van der Waals surface area contributed by atoms with E-state index in [4.69, 9.17) is 0 Å². The van der Waals surface area contributed by atoms with Gasteiger partial charge in [0.1, 0.15) is 0 Å². The summed E-state index contributed by atoms with van der Waals surface area (Å²) in [6.45, 7) is 7.77. The third-order valence-corrected chi connectivity index (χ3v) is 1.53. The fraction of sp³-hybridized carbons (Fsp3) is 0.750. The third-order valence-electron chi connectivity index (χ3n) is 1.53. The minimum Gasteiger partial charge on any atom is -0.295 e. The van der Waals surface area contributed by atoms with E-state index in [9.17, 15) is 5.11 Å². The predicted molar refractivity (Wildman–Crippen MR) is 38.5 cm³/mol. The van der Waals surface area contributed by atoms with Gasteiger partial charge in [-0.2, -0.15) is 0 Å². The van der Waals surface area contributed by atoms with Crippen LogP contribution in [0, 0.1) is 5.92 Å². The van der Waals surface area contributed by atoms with Crippen LogP contribution in [0.25, 0.3) is 0 Å². The average Bonchev–Trinajstić information content (AvgIpc) is 1.64. The van der Waals surface area contributed by atoms with Gasteiger partial charge < -0.3 is 0 Å². The van der Waals surface area contributed by atoms with Gasteiger partial charge in [0.05, 0.1) is 0 Å². The highest BCUT2D eigenvalue weighted by atomic mass is 16.3. The lowest BCUT2D eigenvalue weighted by Gasteiger charge is -2.06. The smallest absolute Gasteiger partial charge is 0.152 e. The van der Waals surface area contributed by atoms with E-state index in [2.05, 4.69) is 13.8 Å². The second-order valence-electron chi connectivity index (χ2n) is 2.59. The van der Waals surface area contributed by atoms with Crippen molar-refractivity contribution in [1.29, 1.82) is 0 Å². The van der Waals surface area contributed by atoms with E-state index < -0.39 is 0 Å². The molecule has 53 valence electrons. The third kappa shape index (κ3) is 2.54. The quantitative estimate of drug-likeness (QED) is 0.508. The first-order valence-corrected chi connectivity index (χ1v) is 3.46. The lowest BCUT2D eigenvalue weighted by Crippen LogP contribution is -1.94. The van der Waals surface area contributed by atoms with Gasteiger partial charge in [0.15, 0.2) is 5.76 Å². The molecule has 0 N–H and O–H groups in total. The molecule has 0 bridgehead atoms. The minimum atomic E-state index is 0.243. The van der Waals surface area contributed by atoms with E-state index in [-0.39, 0.29) is 5.76 Å². The number of hydrogen-bond acceptors (Lipinski definition) is 0. The lowest BCUT2D eigenvalue weighted by molar-refractivity contribution is 0.288. The van der Waals surface area contributed by atoms with Crippen LogP contribution in [0.3, 0.4) is 0 Å². The highest BCUT2D eigenvalue weighted by Crippen LogP contribution is 2.16. The molecule has 0 aliphatic rings. The van der Waals surface area contributed by atoms with Crippen molar-refractivity contribution in [1.82, 2.24) is 0 Å². The summed E-state index contributed by atoms with van der Waals surface area (Å²) in [5, 5.41) is 10.8. The molecular weight excluding hydrogens is 112 g/mol. The molecular formula is C8H15O. The Morgan fingerprint density at radius 1 is 1.44 bits per heavy atom. The first-order valence-electron chi connectivity index (χ1n) is 3.46. The highest BCUT2D eigenvalue weighted by molar-refractivity contribution is 5.06. The zero-order valence-corrected chi connectivity index (χ0v) is 6.69. The van der Waals surface area contributed by atoms with Crippen molar-refractivity contribution in [3.05, 3.63) is 11.3 Å². The lowest BCUT2D eigenvalue weighted by atomic mass is 10.00. The summed E-state index contributed by atoms with van der Waals surface area (Å²) in [5.74, 6) is 0.667. The standard InChI is InChI=1S/C8H15O/c1-5-8(6(2)3)7(4)9/h6H,5H2,1-4H3/b8-7+. The zero-order valence-electron chi connectivity index (χ0n) is 6.69. The molecule has 0 amide bonds. The van der Waals surface area contributed by atoms with E-state index in [1.165, 1.54) is 0 Å². The topological polar surface area (TPSA) is 19.9 Å². The van der Waals surface area contributed by atoms with E-state index in [0.717, 1.165) is 12.0 Å². The maximum absolute atomic E-state index is 10.8. The maximum atomic E-state index is 10.8. The molecule has 0 saturated heterocycles. The Bertz CT molecular complexity index is 108. The summed E-state index contributed by atoms with van der Waals surface area (Å²) in [6, 6.07) is 0. The molecule has 0 aromatic rings. The first-order chi connectivity index (χ1) is 4.09. The maximum Gasteiger partial charge on any atom is 0.152 e. The summed E-state index contributed by atoms with van der Waals surface area (Å²) in [6.07, 6.45) is 0.896. The molecule has 0 spiro atoms. The fourth-order valence-electron chi connectivity index (χ4n) is 1.06. The van der Waals surface area contributed by atoms with Crippen molar-refractivity contribution >= 4 is 0 Å². The van der Waals surface area contributed by atoms with Gasteiger partial charge in [-0.25, -0.2) is 0 Å². The molecule has 1 nitrogen and oxygen atoms in total. The number of rotatable bonds is 2. The van der Waals surface area contributed by atoms with E-state index >= 15 is 0 Å². The largest absolute Gasteiger partial charge is 0.295 e. The van der Waals surface area contributed by atoms with Gasteiger partial charge in [0, 0.05) is 0 Å². The van der Waals surface area contributed by atoms with Crippen LogP contribution in [0.2, 0.25) is 0 Å². The Balaban J connectivity index is 4.16. The summed E-state index contributed by atoms with van der Waals surface area (Å²) in [5.41, 5.74) is 1.05. The number of hydrogen-bond donors (Lipinski definition) is 0. The summed E-state index contributed by atoms with van der Waals surface area (Å²) >= 11 is 0. The highest BCUT2D eigenvalue weighted by Gasteiger charge is 2.04. The molecule has 0 unspecified atom stereocenters. The molecule has 0 fully saturated rings. The Kier molecular flexibility index (Phi) is 3.36. The van der Waals surface area contributed by atoms with Gasteiger partial charge in [0.2, 0.25) is 0 Å². The molecule has 0 aromatic carbocycles. The molecule has 0 aliphatic carbocycles. The molecule has 0 atom stereocenters. The van der Waals surface area contributed by atoms with Crippen molar-refractivity contribution in [2.24, 2.45) is 5.92 Å². The molecule has 0 heterocycles. The number of allylic oxidation sites excluding steroid dienone is 2. The molecule has 0 rings (SSSR count). The van der Waals surface area contributed by atoms with Crippen LogP contribution in [0.4, 0.5) is 0 Å². The van der Waals surface area contributed by atoms with Crippen molar-refractivity contribution in [3.63, 3.8) is 0 Å². The van der Waals surface area contributed by atoms with Gasteiger partial charge in [-0.05, 0) is 24.8 Å². The average molecular weight is 127 g/mol. The van der Waals surface area contributed by atoms with Crippen LogP contribution in [-0.2, 0) is 5.11 Å². The van der Waals surface area contributed by atoms with Crippen LogP contribution in [0.1, 0.15) is 34.1 Å². The van der Waals surface area contributed by atoms with Gasteiger partial charge in [-0.1, -0.05) is 20.8 Å². The Hall–Kier alpha value is -0.460. The summed E-state index contributed by atoms with van der Waals surface area (Å²) in [7, 11) is 0. The van der Waals surface area contributed by atoms with Crippen LogP contribution < -0.4 is 0 Å². The van der Waals surface area contributed by atoms with Crippen LogP contribution in [0.15, 0.2) is 11.3 Å². The zero-order chi connectivity index (χ0) is 7.44. The fourth-order valence-corrected chi connectivity index (χ4v) is 1.06. The second-order valence-corrected chi connectivity index (χ2v) is 2.59. The summed E-state index contributed by atoms with van der Waals surface area (Å²) < 4.78 is 0. The van der Waals surface area contributed by atoms with E-state index in [0.29, 0.717) is 5.92 Å². The van der Waals surface area contributed by atoms with Crippen LogP contribution in [0.5, 0.6) is 0 Å². The first kappa shape index (κ1) is 8.54. The van der Waals surface area contributed by atoms with Crippen molar-refractivity contribution in [2.45, 2.75) is 34.1 Å². The normalized spacial score (nSPS) is 13.9. The Morgan fingerprint density at radius 3 is 1.89 bits per heavy atom.